The van der Waals surface area contributed by atoms with Crippen LogP contribution in [0.15, 0.2) is 45.8 Å². The standard InChI is InChI=1S/C24H26ClNO5/c1-15-9-19(10-16(2)23(15)25)31-22-14-30-21-11-18(5-6-20(21)24(22)28)29-13-17(27)12-26-7-3-4-8-26/h5-6,9-11,14,17,27H,3-4,7-8,12-13H2,1-2H3/p+1/t17-/m0/s1. The van der Waals surface area contributed by atoms with Crippen LogP contribution in [0, 0.1) is 13.8 Å². The molecule has 0 radical (unpaired) electrons. The van der Waals surface area contributed by atoms with Crippen molar-refractivity contribution < 1.29 is 23.9 Å². The molecule has 2 heterocycles. The van der Waals surface area contributed by atoms with Gasteiger partial charge in [0, 0.05) is 23.9 Å². The Morgan fingerprint density at radius 3 is 2.55 bits per heavy atom. The molecule has 0 bridgehead atoms. The average Bonchev–Trinajstić information content (AvgIpc) is 3.25. The van der Waals surface area contributed by atoms with E-state index in [2.05, 4.69) is 0 Å². The van der Waals surface area contributed by atoms with E-state index in [0.717, 1.165) is 24.2 Å². The Kier molecular flexibility index (Phi) is 6.51. The monoisotopic (exact) mass is 444 g/mol. The minimum Gasteiger partial charge on any atom is -0.491 e. The first-order chi connectivity index (χ1) is 14.9. The molecule has 3 aromatic rings. The fourth-order valence-electron chi connectivity index (χ4n) is 4.01. The van der Waals surface area contributed by atoms with E-state index in [-0.39, 0.29) is 17.8 Å². The molecule has 0 saturated carbocycles. The SMILES string of the molecule is Cc1cc(Oc2coc3cc(OC[C@@H](O)C[NH+]4CCCC4)ccc3c2=O)cc(C)c1Cl. The third kappa shape index (κ3) is 5.03. The van der Waals surface area contributed by atoms with Gasteiger partial charge in [0.25, 0.3) is 0 Å². The predicted molar refractivity (Wildman–Crippen MR) is 120 cm³/mol. The maximum Gasteiger partial charge on any atom is 0.235 e. The number of quaternary nitrogens is 1. The van der Waals surface area contributed by atoms with Crippen LogP contribution in [0.5, 0.6) is 17.2 Å². The highest BCUT2D eigenvalue weighted by molar-refractivity contribution is 6.32. The van der Waals surface area contributed by atoms with Gasteiger partial charge in [-0.3, -0.25) is 4.79 Å². The summed E-state index contributed by atoms with van der Waals surface area (Å²) in [6.45, 7) is 6.88. The first-order valence-electron chi connectivity index (χ1n) is 10.6. The van der Waals surface area contributed by atoms with Crippen LogP contribution in [0.2, 0.25) is 5.02 Å². The zero-order chi connectivity index (χ0) is 22.0. The van der Waals surface area contributed by atoms with Gasteiger partial charge >= 0.3 is 0 Å². The number of benzene rings is 2. The second-order valence-corrected chi connectivity index (χ2v) is 8.56. The molecule has 2 aromatic carbocycles. The summed E-state index contributed by atoms with van der Waals surface area (Å²) in [5.41, 5.74) is 1.88. The fourth-order valence-corrected chi connectivity index (χ4v) is 4.12. The van der Waals surface area contributed by atoms with E-state index >= 15 is 0 Å². The molecule has 0 spiro atoms. The van der Waals surface area contributed by atoms with Crippen LogP contribution in [0.1, 0.15) is 24.0 Å². The summed E-state index contributed by atoms with van der Waals surface area (Å²) in [5.74, 6) is 1.18. The molecule has 0 aliphatic carbocycles. The third-order valence-corrected chi connectivity index (χ3v) is 6.23. The molecule has 4 rings (SSSR count). The van der Waals surface area contributed by atoms with Crippen molar-refractivity contribution in [3.8, 4) is 17.2 Å². The molecule has 6 nitrogen and oxygen atoms in total. The molecule has 1 atom stereocenters. The average molecular weight is 445 g/mol. The Bertz CT molecular complexity index is 1110. The van der Waals surface area contributed by atoms with E-state index in [4.69, 9.17) is 25.5 Å². The van der Waals surface area contributed by atoms with Gasteiger partial charge in [0.15, 0.2) is 0 Å². The summed E-state index contributed by atoms with van der Waals surface area (Å²) >= 11 is 6.20. The van der Waals surface area contributed by atoms with Gasteiger partial charge in [0.05, 0.1) is 18.5 Å². The lowest BCUT2D eigenvalue weighted by molar-refractivity contribution is -0.890. The van der Waals surface area contributed by atoms with Crippen molar-refractivity contribution >= 4 is 22.6 Å². The number of nitrogens with one attached hydrogen (secondary N) is 1. The molecule has 1 aromatic heterocycles. The quantitative estimate of drug-likeness (QED) is 0.585. The highest BCUT2D eigenvalue weighted by Crippen LogP contribution is 2.29. The second kappa shape index (κ2) is 9.30. The van der Waals surface area contributed by atoms with Gasteiger partial charge in [-0.2, -0.15) is 0 Å². The molecule has 0 unspecified atom stereocenters. The summed E-state index contributed by atoms with van der Waals surface area (Å²) in [6, 6.07) is 8.58. The van der Waals surface area contributed by atoms with Crippen molar-refractivity contribution in [1.82, 2.24) is 0 Å². The number of aliphatic hydroxyl groups excluding tert-OH is 1. The topological polar surface area (TPSA) is 73.3 Å². The molecule has 31 heavy (non-hydrogen) atoms. The first kappa shape index (κ1) is 21.7. The number of aryl methyl sites for hydroxylation is 2. The van der Waals surface area contributed by atoms with Gasteiger partial charge in [-0.1, -0.05) is 11.6 Å². The summed E-state index contributed by atoms with van der Waals surface area (Å²) in [4.78, 5) is 14.3. The molecule has 164 valence electrons. The van der Waals surface area contributed by atoms with Gasteiger partial charge < -0.3 is 23.9 Å². The number of likely N-dealkylation sites (tertiary alicyclic amines) is 1. The highest BCUT2D eigenvalue weighted by Gasteiger charge is 2.20. The minimum absolute atomic E-state index is 0.103. The summed E-state index contributed by atoms with van der Waals surface area (Å²) < 4.78 is 17.1. The van der Waals surface area contributed by atoms with E-state index in [1.54, 1.807) is 30.3 Å². The van der Waals surface area contributed by atoms with Crippen LogP contribution in [-0.4, -0.2) is 37.5 Å². The fraction of sp³-hybridized carbons (Fsp3) is 0.375. The van der Waals surface area contributed by atoms with Crippen LogP contribution in [-0.2, 0) is 0 Å². The van der Waals surface area contributed by atoms with Crippen LogP contribution in [0.25, 0.3) is 11.0 Å². The summed E-state index contributed by atoms with van der Waals surface area (Å²) in [5, 5.41) is 11.3. The van der Waals surface area contributed by atoms with Crippen LogP contribution < -0.4 is 19.8 Å². The molecule has 1 saturated heterocycles. The Balaban J connectivity index is 1.47. The zero-order valence-electron chi connectivity index (χ0n) is 17.7. The van der Waals surface area contributed by atoms with Crippen molar-refractivity contribution in [2.24, 2.45) is 0 Å². The normalized spacial score (nSPS) is 15.4. The largest absolute Gasteiger partial charge is 0.491 e. The lowest BCUT2D eigenvalue weighted by Crippen LogP contribution is -3.11. The molecule has 0 amide bonds. The minimum atomic E-state index is -0.530. The van der Waals surface area contributed by atoms with Crippen LogP contribution in [0.4, 0.5) is 0 Å². The Morgan fingerprint density at radius 2 is 1.84 bits per heavy atom. The van der Waals surface area contributed by atoms with Crippen molar-refractivity contribution in [1.29, 1.82) is 0 Å². The third-order valence-electron chi connectivity index (χ3n) is 5.63. The second-order valence-electron chi connectivity index (χ2n) is 8.19. The van der Waals surface area contributed by atoms with E-state index in [1.807, 2.05) is 13.8 Å². The van der Waals surface area contributed by atoms with Crippen molar-refractivity contribution in [3.05, 3.63) is 63.0 Å². The van der Waals surface area contributed by atoms with E-state index in [9.17, 15) is 9.90 Å². The van der Waals surface area contributed by atoms with E-state index in [1.165, 1.54) is 24.0 Å². The zero-order valence-corrected chi connectivity index (χ0v) is 18.5. The Hall–Kier alpha value is -2.54. The van der Waals surface area contributed by atoms with E-state index < -0.39 is 6.10 Å². The maximum absolute atomic E-state index is 12.8. The predicted octanol–water partition coefficient (Wildman–Crippen LogP) is 3.27. The van der Waals surface area contributed by atoms with Gasteiger partial charge in [0.2, 0.25) is 11.2 Å². The Morgan fingerprint density at radius 1 is 1.13 bits per heavy atom. The lowest BCUT2D eigenvalue weighted by atomic mass is 10.1. The summed E-state index contributed by atoms with van der Waals surface area (Å²) in [7, 11) is 0. The van der Waals surface area contributed by atoms with Gasteiger partial charge in [-0.05, 0) is 49.2 Å². The summed E-state index contributed by atoms with van der Waals surface area (Å²) in [6.07, 6.45) is 3.21. The highest BCUT2D eigenvalue weighted by atomic mass is 35.5. The smallest absolute Gasteiger partial charge is 0.235 e. The number of rotatable bonds is 7. The molecule has 1 aliphatic rings. The molecular weight excluding hydrogens is 418 g/mol. The Labute approximate surface area is 185 Å². The number of hydrogen-bond acceptors (Lipinski definition) is 5. The lowest BCUT2D eigenvalue weighted by Gasteiger charge is -2.17. The van der Waals surface area contributed by atoms with E-state index in [0.29, 0.717) is 34.0 Å². The van der Waals surface area contributed by atoms with Gasteiger partial charge in [-0.25, -0.2) is 0 Å². The first-order valence-corrected chi connectivity index (χ1v) is 10.9. The molecular formula is C24H27ClNO5+. The maximum atomic E-state index is 12.8. The van der Waals surface area contributed by atoms with Gasteiger partial charge in [-0.15, -0.1) is 0 Å². The van der Waals surface area contributed by atoms with Crippen molar-refractivity contribution in [3.63, 3.8) is 0 Å². The number of hydrogen-bond donors (Lipinski definition) is 2. The van der Waals surface area contributed by atoms with Gasteiger partial charge in [0.1, 0.15) is 42.6 Å². The van der Waals surface area contributed by atoms with Crippen LogP contribution in [0.3, 0.4) is 0 Å². The van der Waals surface area contributed by atoms with Crippen molar-refractivity contribution in [2.75, 3.05) is 26.2 Å². The van der Waals surface area contributed by atoms with Crippen molar-refractivity contribution in [2.45, 2.75) is 32.8 Å². The number of aliphatic hydroxyl groups is 1. The molecule has 1 aliphatic heterocycles. The number of fused-ring (bicyclic) bond motifs is 1. The number of halogens is 1. The molecule has 7 heteroatoms. The molecule has 1 fully saturated rings. The van der Waals surface area contributed by atoms with Crippen LogP contribution >= 0.6 is 11.6 Å². The molecule has 2 N–H and O–H groups in total. The number of ether oxygens (including phenoxy) is 2.